The number of carbonyl (C=O) groups is 1. The third-order valence-corrected chi connectivity index (χ3v) is 2.87. The SMILES string of the molecule is COC(=O)c1cc(OC)c(C)c(O)c1Br. The van der Waals surface area contributed by atoms with Crippen molar-refractivity contribution in [1.29, 1.82) is 0 Å². The van der Waals surface area contributed by atoms with E-state index in [-0.39, 0.29) is 11.3 Å². The number of hydrogen-bond acceptors (Lipinski definition) is 4. The summed E-state index contributed by atoms with van der Waals surface area (Å²) in [7, 11) is 2.74. The Bertz CT molecular complexity index is 401. The van der Waals surface area contributed by atoms with Gasteiger partial charge in [0.15, 0.2) is 0 Å². The first-order chi connectivity index (χ1) is 7.02. The first kappa shape index (κ1) is 11.8. The number of hydrogen-bond donors (Lipinski definition) is 1. The minimum atomic E-state index is -0.532. The summed E-state index contributed by atoms with van der Waals surface area (Å²) in [5.74, 6) is -0.110. The third-order valence-electron chi connectivity index (χ3n) is 2.07. The van der Waals surface area contributed by atoms with Crippen LogP contribution in [0.4, 0.5) is 0 Å². The quantitative estimate of drug-likeness (QED) is 0.841. The zero-order valence-electron chi connectivity index (χ0n) is 8.63. The number of ether oxygens (including phenoxy) is 2. The molecule has 4 nitrogen and oxygen atoms in total. The van der Waals surface area contributed by atoms with Crippen molar-refractivity contribution in [3.8, 4) is 11.5 Å². The Hall–Kier alpha value is -1.23. The van der Waals surface area contributed by atoms with Crippen LogP contribution in [0.2, 0.25) is 0 Å². The molecule has 0 fully saturated rings. The lowest BCUT2D eigenvalue weighted by Gasteiger charge is -2.11. The van der Waals surface area contributed by atoms with Crippen molar-refractivity contribution in [2.75, 3.05) is 14.2 Å². The van der Waals surface area contributed by atoms with Crippen LogP contribution in [-0.2, 0) is 4.74 Å². The molecule has 5 heteroatoms. The van der Waals surface area contributed by atoms with Gasteiger partial charge in [0.1, 0.15) is 11.5 Å². The largest absolute Gasteiger partial charge is 0.506 e. The van der Waals surface area contributed by atoms with E-state index >= 15 is 0 Å². The molecule has 0 atom stereocenters. The maximum atomic E-state index is 11.3. The molecule has 0 saturated heterocycles. The van der Waals surface area contributed by atoms with Gasteiger partial charge in [0.25, 0.3) is 0 Å². The van der Waals surface area contributed by atoms with Crippen LogP contribution >= 0.6 is 15.9 Å². The van der Waals surface area contributed by atoms with E-state index in [1.165, 1.54) is 20.3 Å². The first-order valence-electron chi connectivity index (χ1n) is 4.17. The maximum absolute atomic E-state index is 11.3. The number of aromatic hydroxyl groups is 1. The molecule has 1 N–H and O–H groups in total. The number of rotatable bonds is 2. The molecular formula is C10H11BrO4. The van der Waals surface area contributed by atoms with Gasteiger partial charge >= 0.3 is 5.97 Å². The van der Waals surface area contributed by atoms with Crippen molar-refractivity contribution < 1.29 is 19.4 Å². The molecule has 0 radical (unpaired) electrons. The monoisotopic (exact) mass is 274 g/mol. The summed E-state index contributed by atoms with van der Waals surface area (Å²) in [5, 5.41) is 9.71. The molecule has 0 amide bonds. The summed E-state index contributed by atoms with van der Waals surface area (Å²) in [6.07, 6.45) is 0. The van der Waals surface area contributed by atoms with Gasteiger partial charge < -0.3 is 14.6 Å². The second-order valence-corrected chi connectivity index (χ2v) is 3.70. The van der Waals surface area contributed by atoms with E-state index in [1.807, 2.05) is 0 Å². The Morgan fingerprint density at radius 1 is 1.47 bits per heavy atom. The Kier molecular flexibility index (Phi) is 3.57. The van der Waals surface area contributed by atoms with E-state index in [1.54, 1.807) is 6.92 Å². The van der Waals surface area contributed by atoms with Gasteiger partial charge in [-0.25, -0.2) is 4.79 Å². The molecular weight excluding hydrogens is 264 g/mol. The Morgan fingerprint density at radius 3 is 2.53 bits per heavy atom. The van der Waals surface area contributed by atoms with Crippen molar-refractivity contribution in [3.63, 3.8) is 0 Å². The summed E-state index contributed by atoms with van der Waals surface area (Å²) in [5.41, 5.74) is 0.800. The third kappa shape index (κ3) is 2.07. The number of halogens is 1. The van der Waals surface area contributed by atoms with Gasteiger partial charge in [0.2, 0.25) is 0 Å². The molecule has 0 aromatic heterocycles. The van der Waals surface area contributed by atoms with Crippen molar-refractivity contribution in [1.82, 2.24) is 0 Å². The van der Waals surface area contributed by atoms with E-state index in [0.717, 1.165) is 0 Å². The molecule has 1 aromatic rings. The average Bonchev–Trinajstić information content (AvgIpc) is 2.25. The molecule has 0 saturated carbocycles. The molecule has 0 bridgehead atoms. The predicted octanol–water partition coefficient (Wildman–Crippen LogP) is 2.26. The van der Waals surface area contributed by atoms with Gasteiger partial charge in [-0.05, 0) is 28.9 Å². The fraction of sp³-hybridized carbons (Fsp3) is 0.300. The van der Waals surface area contributed by atoms with Crippen LogP contribution < -0.4 is 4.74 Å². The minimum Gasteiger partial charge on any atom is -0.506 e. The highest BCUT2D eigenvalue weighted by molar-refractivity contribution is 9.10. The summed E-state index contributed by atoms with van der Waals surface area (Å²) >= 11 is 3.13. The topological polar surface area (TPSA) is 55.8 Å². The summed E-state index contributed by atoms with van der Waals surface area (Å²) < 4.78 is 9.92. The average molecular weight is 275 g/mol. The molecule has 15 heavy (non-hydrogen) atoms. The number of benzene rings is 1. The number of carbonyl (C=O) groups excluding carboxylic acids is 1. The molecule has 0 aliphatic heterocycles. The van der Waals surface area contributed by atoms with Gasteiger partial charge in [-0.2, -0.15) is 0 Å². The van der Waals surface area contributed by atoms with Crippen LogP contribution in [0.15, 0.2) is 10.5 Å². The lowest BCUT2D eigenvalue weighted by Crippen LogP contribution is -2.04. The fourth-order valence-electron chi connectivity index (χ4n) is 1.18. The number of phenols is 1. The van der Waals surface area contributed by atoms with Gasteiger partial charge in [-0.3, -0.25) is 0 Å². The zero-order chi connectivity index (χ0) is 11.6. The number of esters is 1. The number of methoxy groups -OCH3 is 2. The van der Waals surface area contributed by atoms with Crippen LogP contribution in [0.5, 0.6) is 11.5 Å². The summed E-state index contributed by atoms with van der Waals surface area (Å²) in [4.78, 5) is 11.3. The molecule has 0 aliphatic carbocycles. The normalized spacial score (nSPS) is 9.87. The highest BCUT2D eigenvalue weighted by Crippen LogP contribution is 2.37. The standard InChI is InChI=1S/C10H11BrO4/c1-5-7(14-2)4-6(10(13)15-3)8(11)9(5)12/h4,12H,1-3H3. The Balaban J connectivity index is 3.41. The first-order valence-corrected chi connectivity index (χ1v) is 4.96. The van der Waals surface area contributed by atoms with Crippen molar-refractivity contribution >= 4 is 21.9 Å². The molecule has 0 spiro atoms. The van der Waals surface area contributed by atoms with E-state index in [9.17, 15) is 9.90 Å². The lowest BCUT2D eigenvalue weighted by molar-refractivity contribution is 0.0598. The predicted molar refractivity (Wildman–Crippen MR) is 58.4 cm³/mol. The molecule has 0 aliphatic rings. The van der Waals surface area contributed by atoms with Crippen LogP contribution in [0, 0.1) is 6.92 Å². The molecule has 82 valence electrons. The van der Waals surface area contributed by atoms with Crippen LogP contribution in [0.3, 0.4) is 0 Å². The summed E-state index contributed by atoms with van der Waals surface area (Å²) in [6.45, 7) is 1.69. The molecule has 1 aromatic carbocycles. The molecule has 0 heterocycles. The number of phenolic OH excluding ortho intramolecular Hbond substituents is 1. The van der Waals surface area contributed by atoms with E-state index in [0.29, 0.717) is 15.8 Å². The highest BCUT2D eigenvalue weighted by atomic mass is 79.9. The lowest BCUT2D eigenvalue weighted by atomic mass is 10.1. The molecule has 0 unspecified atom stereocenters. The Labute approximate surface area is 95.9 Å². The van der Waals surface area contributed by atoms with Crippen LogP contribution in [0.25, 0.3) is 0 Å². The van der Waals surface area contributed by atoms with Gasteiger partial charge in [0.05, 0.1) is 24.3 Å². The van der Waals surface area contributed by atoms with Gasteiger partial charge in [-0.15, -0.1) is 0 Å². The van der Waals surface area contributed by atoms with Gasteiger partial charge in [-0.1, -0.05) is 0 Å². The smallest absolute Gasteiger partial charge is 0.339 e. The van der Waals surface area contributed by atoms with Gasteiger partial charge in [0, 0.05) is 5.56 Å². The Morgan fingerprint density at radius 2 is 2.07 bits per heavy atom. The second kappa shape index (κ2) is 4.53. The highest BCUT2D eigenvalue weighted by Gasteiger charge is 2.18. The maximum Gasteiger partial charge on any atom is 0.339 e. The van der Waals surface area contributed by atoms with Crippen molar-refractivity contribution in [2.45, 2.75) is 6.92 Å². The second-order valence-electron chi connectivity index (χ2n) is 2.91. The van der Waals surface area contributed by atoms with E-state index in [2.05, 4.69) is 20.7 Å². The van der Waals surface area contributed by atoms with Crippen LogP contribution in [-0.4, -0.2) is 25.3 Å². The van der Waals surface area contributed by atoms with Crippen molar-refractivity contribution in [2.24, 2.45) is 0 Å². The fourth-order valence-corrected chi connectivity index (χ4v) is 1.76. The molecule has 1 rings (SSSR count). The van der Waals surface area contributed by atoms with Crippen LogP contribution in [0.1, 0.15) is 15.9 Å². The van der Waals surface area contributed by atoms with E-state index in [4.69, 9.17) is 4.74 Å². The van der Waals surface area contributed by atoms with Crippen molar-refractivity contribution in [3.05, 3.63) is 21.7 Å². The zero-order valence-corrected chi connectivity index (χ0v) is 10.2. The van der Waals surface area contributed by atoms with E-state index < -0.39 is 5.97 Å². The summed E-state index contributed by atoms with van der Waals surface area (Å²) in [6, 6.07) is 1.52. The minimum absolute atomic E-state index is 0.0187.